The monoisotopic (exact) mass is 364 g/mol. The Hall–Kier alpha value is -2.41. The number of hydrogen-bond acceptors (Lipinski definition) is 5. The number of amides is 1. The van der Waals surface area contributed by atoms with Gasteiger partial charge in [0.2, 0.25) is 5.91 Å². The molecule has 0 unspecified atom stereocenters. The Bertz CT molecular complexity index is 802. The van der Waals surface area contributed by atoms with Crippen molar-refractivity contribution >= 4 is 33.9 Å². The van der Waals surface area contributed by atoms with Crippen LogP contribution in [0.15, 0.2) is 18.2 Å². The van der Waals surface area contributed by atoms with E-state index in [0.29, 0.717) is 10.6 Å². The maximum atomic E-state index is 13.8. The van der Waals surface area contributed by atoms with E-state index < -0.39 is 11.8 Å². The summed E-state index contributed by atoms with van der Waals surface area (Å²) in [5, 5.41) is 5.91. The summed E-state index contributed by atoms with van der Waals surface area (Å²) >= 11 is 1.32. The van der Waals surface area contributed by atoms with Crippen LogP contribution in [0.2, 0.25) is 0 Å². The first-order valence-corrected chi connectivity index (χ1v) is 8.72. The molecule has 0 bridgehead atoms. The molecule has 0 aliphatic rings. The van der Waals surface area contributed by atoms with Gasteiger partial charge in [-0.3, -0.25) is 4.79 Å². The van der Waals surface area contributed by atoms with Gasteiger partial charge in [-0.05, 0) is 51.0 Å². The molecule has 1 amide bonds. The molecular weight excluding hydrogens is 343 g/mol. The van der Waals surface area contributed by atoms with E-state index in [1.54, 1.807) is 26.0 Å². The number of rotatable bonds is 6. The van der Waals surface area contributed by atoms with E-state index >= 15 is 0 Å². The number of esters is 1. The number of thiophene rings is 1. The molecular formula is C18H21FN2O3S. The highest BCUT2D eigenvalue weighted by molar-refractivity contribution is 7.16. The number of ether oxygens (including phenoxy) is 1. The van der Waals surface area contributed by atoms with E-state index in [0.717, 1.165) is 16.0 Å². The van der Waals surface area contributed by atoms with E-state index in [4.69, 9.17) is 4.74 Å². The van der Waals surface area contributed by atoms with Gasteiger partial charge in [0.25, 0.3) is 0 Å². The van der Waals surface area contributed by atoms with Gasteiger partial charge in [-0.25, -0.2) is 9.18 Å². The zero-order chi connectivity index (χ0) is 18.6. The molecule has 0 aliphatic heterocycles. The first-order valence-electron chi connectivity index (χ1n) is 7.90. The number of nitrogens with one attached hydrogen (secondary N) is 2. The highest BCUT2D eigenvalue weighted by atomic mass is 32.1. The summed E-state index contributed by atoms with van der Waals surface area (Å²) in [6.07, 6.45) is 0. The summed E-state index contributed by atoms with van der Waals surface area (Å²) in [5.74, 6) is -1.24. The summed E-state index contributed by atoms with van der Waals surface area (Å²) in [4.78, 5) is 25.2. The number of halogens is 1. The highest BCUT2D eigenvalue weighted by Gasteiger charge is 2.22. The van der Waals surface area contributed by atoms with Crippen LogP contribution in [0.5, 0.6) is 0 Å². The number of hydrogen-bond donors (Lipinski definition) is 2. The Morgan fingerprint density at radius 3 is 2.60 bits per heavy atom. The van der Waals surface area contributed by atoms with Crippen LogP contribution in [0.3, 0.4) is 0 Å². The first-order chi connectivity index (χ1) is 11.8. The van der Waals surface area contributed by atoms with E-state index in [9.17, 15) is 14.0 Å². The van der Waals surface area contributed by atoms with E-state index in [1.165, 1.54) is 17.4 Å². The molecule has 0 atom stereocenters. The Morgan fingerprint density at radius 1 is 1.24 bits per heavy atom. The molecule has 0 saturated heterocycles. The lowest BCUT2D eigenvalue weighted by Gasteiger charge is -2.09. The van der Waals surface area contributed by atoms with E-state index in [-0.39, 0.29) is 24.7 Å². The highest BCUT2D eigenvalue weighted by Crippen LogP contribution is 2.33. The molecule has 0 saturated carbocycles. The molecule has 2 aromatic rings. The number of aryl methyl sites for hydroxylation is 2. The van der Waals surface area contributed by atoms with Gasteiger partial charge in [0.05, 0.1) is 24.4 Å². The van der Waals surface area contributed by atoms with Crippen molar-refractivity contribution in [3.63, 3.8) is 0 Å². The van der Waals surface area contributed by atoms with Crippen LogP contribution >= 0.6 is 11.3 Å². The van der Waals surface area contributed by atoms with Crippen LogP contribution in [-0.4, -0.2) is 25.0 Å². The van der Waals surface area contributed by atoms with Gasteiger partial charge in [0.1, 0.15) is 10.8 Å². The van der Waals surface area contributed by atoms with Gasteiger partial charge in [-0.1, -0.05) is 6.07 Å². The molecule has 0 radical (unpaired) electrons. The third kappa shape index (κ3) is 4.57. The fourth-order valence-electron chi connectivity index (χ4n) is 2.27. The van der Waals surface area contributed by atoms with Gasteiger partial charge in [0, 0.05) is 4.88 Å². The smallest absolute Gasteiger partial charge is 0.341 e. The van der Waals surface area contributed by atoms with Gasteiger partial charge in [-0.15, -0.1) is 11.3 Å². The van der Waals surface area contributed by atoms with E-state index in [2.05, 4.69) is 10.6 Å². The minimum absolute atomic E-state index is 0.113. The molecule has 1 heterocycles. The second-order valence-electron chi connectivity index (χ2n) is 5.59. The predicted octanol–water partition coefficient (Wildman–Crippen LogP) is 4.04. The third-order valence-electron chi connectivity index (χ3n) is 3.68. The average molecular weight is 364 g/mol. The maximum Gasteiger partial charge on any atom is 0.341 e. The van der Waals surface area contributed by atoms with Crippen LogP contribution in [0, 0.1) is 26.6 Å². The van der Waals surface area contributed by atoms with Crippen molar-refractivity contribution < 1.29 is 18.7 Å². The first kappa shape index (κ1) is 18.9. The predicted molar refractivity (Wildman–Crippen MR) is 98.0 cm³/mol. The lowest BCUT2D eigenvalue weighted by Crippen LogP contribution is -2.23. The second kappa shape index (κ2) is 8.11. The molecule has 5 nitrogen and oxygen atoms in total. The fraction of sp³-hybridized carbons (Fsp3) is 0.333. The van der Waals surface area contributed by atoms with Gasteiger partial charge in [0.15, 0.2) is 0 Å². The largest absolute Gasteiger partial charge is 0.462 e. The molecule has 1 aromatic carbocycles. The molecule has 1 aromatic heterocycles. The molecule has 25 heavy (non-hydrogen) atoms. The van der Waals surface area contributed by atoms with Crippen molar-refractivity contribution in [3.05, 3.63) is 45.6 Å². The van der Waals surface area contributed by atoms with Crippen molar-refractivity contribution in [1.29, 1.82) is 0 Å². The van der Waals surface area contributed by atoms with Crippen LogP contribution in [0.1, 0.15) is 33.3 Å². The number of benzene rings is 1. The van der Waals surface area contributed by atoms with E-state index in [1.807, 2.05) is 13.8 Å². The molecule has 0 fully saturated rings. The zero-order valence-corrected chi connectivity index (χ0v) is 15.5. The van der Waals surface area contributed by atoms with Gasteiger partial charge >= 0.3 is 5.97 Å². The lowest BCUT2D eigenvalue weighted by molar-refractivity contribution is -0.114. The fourth-order valence-corrected chi connectivity index (χ4v) is 3.34. The second-order valence-corrected chi connectivity index (χ2v) is 6.82. The summed E-state index contributed by atoms with van der Waals surface area (Å²) in [7, 11) is 0. The topological polar surface area (TPSA) is 67.4 Å². The zero-order valence-electron chi connectivity index (χ0n) is 14.7. The van der Waals surface area contributed by atoms with Crippen LogP contribution in [0.25, 0.3) is 0 Å². The summed E-state index contributed by atoms with van der Waals surface area (Å²) in [6, 6.07) is 4.74. The number of carbonyl (C=O) groups excluding carboxylic acids is 2. The standard InChI is InChI=1S/C18H21FN2O3S/c1-5-24-18(23)16-11(3)12(4)25-17(16)21-15(22)9-20-14-7-6-10(2)8-13(14)19/h6-8,20H,5,9H2,1-4H3,(H,21,22). The van der Waals surface area contributed by atoms with Crippen molar-refractivity contribution in [1.82, 2.24) is 0 Å². The van der Waals surface area contributed by atoms with Crippen LogP contribution in [0.4, 0.5) is 15.1 Å². The summed E-state index contributed by atoms with van der Waals surface area (Å²) in [6.45, 7) is 7.35. The Morgan fingerprint density at radius 2 is 1.96 bits per heavy atom. The molecule has 0 aliphatic carbocycles. The Balaban J connectivity index is 2.08. The summed E-state index contributed by atoms with van der Waals surface area (Å²) in [5.41, 5.74) is 2.22. The molecule has 7 heteroatoms. The quantitative estimate of drug-likeness (QED) is 0.759. The van der Waals surface area contributed by atoms with Crippen LogP contribution in [-0.2, 0) is 9.53 Å². The SMILES string of the molecule is CCOC(=O)c1c(NC(=O)CNc2ccc(C)cc2F)sc(C)c1C. The average Bonchev–Trinajstić information content (AvgIpc) is 2.81. The number of anilines is 2. The molecule has 0 spiro atoms. The van der Waals surface area contributed by atoms with Gasteiger partial charge < -0.3 is 15.4 Å². The van der Waals surface area contributed by atoms with Crippen LogP contribution < -0.4 is 10.6 Å². The van der Waals surface area contributed by atoms with Crippen molar-refractivity contribution in [2.45, 2.75) is 27.7 Å². The minimum Gasteiger partial charge on any atom is -0.462 e. The van der Waals surface area contributed by atoms with Crippen molar-refractivity contribution in [3.8, 4) is 0 Å². The molecule has 2 N–H and O–H groups in total. The molecule has 2 rings (SSSR count). The van der Waals surface area contributed by atoms with Crippen molar-refractivity contribution in [2.24, 2.45) is 0 Å². The summed E-state index contributed by atoms with van der Waals surface area (Å²) < 4.78 is 18.8. The number of carbonyl (C=O) groups is 2. The van der Waals surface area contributed by atoms with Crippen molar-refractivity contribution in [2.75, 3.05) is 23.8 Å². The third-order valence-corrected chi connectivity index (χ3v) is 4.80. The Labute approximate surface area is 150 Å². The minimum atomic E-state index is -0.461. The maximum absolute atomic E-state index is 13.8. The molecule has 134 valence electrons. The lowest BCUT2D eigenvalue weighted by atomic mass is 10.1. The van der Waals surface area contributed by atoms with Gasteiger partial charge in [-0.2, -0.15) is 0 Å². The normalized spacial score (nSPS) is 10.4. The Kier molecular flexibility index (Phi) is 6.14.